The normalized spacial score (nSPS) is 10.7. The van der Waals surface area contributed by atoms with Crippen LogP contribution in [-0.4, -0.2) is 83.7 Å². The number of carboxylic acid groups (broad SMARTS) is 4. The van der Waals surface area contributed by atoms with E-state index in [-0.39, 0.29) is 36.1 Å². The SMILES string of the molecule is Cc1ccc(N(CC(=O)O)CC(=O)O)c(OCCOc2cc3co[c]c3cc2N(CC(=O)O)CC(=O)O)c1. The van der Waals surface area contributed by atoms with Crippen LogP contribution in [0.4, 0.5) is 11.4 Å². The van der Waals surface area contributed by atoms with Crippen molar-refractivity contribution in [3.63, 3.8) is 0 Å². The van der Waals surface area contributed by atoms with Gasteiger partial charge in [-0.2, -0.15) is 0 Å². The maximum Gasteiger partial charge on any atom is 0.323 e. The van der Waals surface area contributed by atoms with Gasteiger partial charge < -0.3 is 44.1 Å². The lowest BCUT2D eigenvalue weighted by atomic mass is 10.1. The van der Waals surface area contributed by atoms with E-state index in [1.807, 2.05) is 0 Å². The third kappa shape index (κ3) is 7.53. The lowest BCUT2D eigenvalue weighted by Crippen LogP contribution is -2.35. The van der Waals surface area contributed by atoms with Gasteiger partial charge in [0.25, 0.3) is 0 Å². The average molecular weight is 529 g/mol. The molecular weight excluding hydrogens is 504 g/mol. The number of fused-ring (bicyclic) bond motifs is 1. The van der Waals surface area contributed by atoms with Crippen molar-refractivity contribution in [2.75, 3.05) is 49.2 Å². The lowest BCUT2D eigenvalue weighted by Gasteiger charge is -2.25. The first-order chi connectivity index (χ1) is 18.0. The number of hydrogen-bond donors (Lipinski definition) is 4. The molecule has 0 unspecified atom stereocenters. The first-order valence-electron chi connectivity index (χ1n) is 11.2. The highest BCUT2D eigenvalue weighted by molar-refractivity contribution is 5.90. The molecule has 4 N–H and O–H groups in total. The van der Waals surface area contributed by atoms with Crippen LogP contribution in [0.25, 0.3) is 10.8 Å². The van der Waals surface area contributed by atoms with Gasteiger partial charge in [0.05, 0.1) is 17.6 Å². The third-order valence-electron chi connectivity index (χ3n) is 5.19. The number of carbonyl (C=O) groups is 4. The Morgan fingerprint density at radius 2 is 1.26 bits per heavy atom. The number of carboxylic acids is 4. The Balaban J connectivity index is 1.81. The van der Waals surface area contributed by atoms with Crippen molar-refractivity contribution in [2.45, 2.75) is 6.92 Å². The van der Waals surface area contributed by atoms with Crippen LogP contribution in [0.15, 0.2) is 41.0 Å². The van der Waals surface area contributed by atoms with Gasteiger partial charge in [-0.05, 0) is 36.8 Å². The summed E-state index contributed by atoms with van der Waals surface area (Å²) in [5, 5.41) is 38.0. The molecule has 0 bridgehead atoms. The van der Waals surface area contributed by atoms with Crippen molar-refractivity contribution in [2.24, 2.45) is 0 Å². The molecule has 0 spiro atoms. The molecule has 3 rings (SSSR count). The Kier molecular flexibility index (Phi) is 8.98. The van der Waals surface area contributed by atoms with Crippen LogP contribution in [0.2, 0.25) is 0 Å². The molecular formula is C25H25N2O11. The Bertz CT molecular complexity index is 1300. The molecule has 3 aromatic rings. The van der Waals surface area contributed by atoms with Gasteiger partial charge in [-0.15, -0.1) is 0 Å². The number of benzene rings is 2. The quantitative estimate of drug-likeness (QED) is 0.209. The van der Waals surface area contributed by atoms with Gasteiger partial charge in [0, 0.05) is 10.8 Å². The zero-order valence-corrected chi connectivity index (χ0v) is 20.2. The summed E-state index contributed by atoms with van der Waals surface area (Å²) in [6.07, 6.45) is 4.02. The first kappa shape index (κ1) is 27.6. The van der Waals surface area contributed by atoms with Gasteiger partial charge in [0.2, 0.25) is 0 Å². The Morgan fingerprint density at radius 1 is 0.763 bits per heavy atom. The standard InChI is InChI=1S/C25H25N2O11/c1-15-2-3-18(26(9-22(28)29)10-23(30)31)20(6-15)37-4-5-38-21-8-17-14-36-13-16(17)7-19(21)27(11-24(32)33)12-25(34)35/h2-3,6-8,14H,4-5,9-12H2,1H3,(H,28,29)(H,30,31)(H,32,33)(H,34,35). The Hall–Kier alpha value is -4.94. The van der Waals surface area contributed by atoms with E-state index in [2.05, 4.69) is 6.26 Å². The molecule has 0 amide bonds. The molecule has 0 atom stereocenters. The number of nitrogens with zero attached hydrogens (tertiary/aromatic N) is 2. The number of aliphatic carboxylic acids is 4. The van der Waals surface area contributed by atoms with Crippen molar-refractivity contribution in [3.8, 4) is 11.5 Å². The van der Waals surface area contributed by atoms with Crippen molar-refractivity contribution in [1.29, 1.82) is 0 Å². The van der Waals surface area contributed by atoms with Crippen LogP contribution in [0.5, 0.6) is 11.5 Å². The fourth-order valence-corrected chi connectivity index (χ4v) is 3.70. The first-order valence-corrected chi connectivity index (χ1v) is 11.2. The predicted octanol–water partition coefficient (Wildman–Crippen LogP) is 1.95. The molecule has 0 aliphatic carbocycles. The van der Waals surface area contributed by atoms with Gasteiger partial charge in [-0.25, -0.2) is 0 Å². The largest absolute Gasteiger partial charge is 0.488 e. The van der Waals surface area contributed by atoms with Crippen LogP contribution in [0.3, 0.4) is 0 Å². The molecule has 0 aliphatic heterocycles. The molecule has 0 aliphatic rings. The summed E-state index contributed by atoms with van der Waals surface area (Å²) in [6.45, 7) is -0.658. The van der Waals surface area contributed by atoms with Gasteiger partial charge >= 0.3 is 23.9 Å². The highest BCUT2D eigenvalue weighted by atomic mass is 16.5. The average Bonchev–Trinajstić information content (AvgIpc) is 3.27. The minimum absolute atomic E-state index is 0.0582. The molecule has 1 aromatic heterocycles. The second kappa shape index (κ2) is 12.3. The third-order valence-corrected chi connectivity index (χ3v) is 5.19. The molecule has 0 fully saturated rings. The van der Waals surface area contributed by atoms with E-state index in [9.17, 15) is 39.6 Å². The van der Waals surface area contributed by atoms with Crippen LogP contribution in [0.1, 0.15) is 5.56 Å². The zero-order chi connectivity index (χ0) is 27.8. The summed E-state index contributed by atoms with van der Waals surface area (Å²) in [6, 6.07) is 7.95. The number of anilines is 2. The van der Waals surface area contributed by atoms with E-state index in [1.54, 1.807) is 31.2 Å². The number of aryl methyl sites for hydroxylation is 1. The lowest BCUT2D eigenvalue weighted by molar-refractivity contribution is -0.138. The predicted molar refractivity (Wildman–Crippen MR) is 132 cm³/mol. The van der Waals surface area contributed by atoms with Crippen LogP contribution < -0.4 is 19.3 Å². The molecule has 0 saturated carbocycles. The van der Waals surface area contributed by atoms with E-state index < -0.39 is 50.1 Å². The summed E-state index contributed by atoms with van der Waals surface area (Å²) in [5.74, 6) is -4.48. The van der Waals surface area contributed by atoms with Crippen molar-refractivity contribution >= 4 is 46.0 Å². The molecule has 13 nitrogen and oxygen atoms in total. The van der Waals surface area contributed by atoms with Gasteiger partial charge in [0.1, 0.15) is 50.9 Å². The highest BCUT2D eigenvalue weighted by Crippen LogP contribution is 2.34. The van der Waals surface area contributed by atoms with Gasteiger partial charge in [0.15, 0.2) is 6.26 Å². The maximum atomic E-state index is 11.4. The number of furan rings is 1. The Labute approximate surface area is 216 Å². The smallest absolute Gasteiger partial charge is 0.323 e. The summed E-state index contributed by atoms with van der Waals surface area (Å²) >= 11 is 0. The minimum Gasteiger partial charge on any atom is -0.488 e. The number of ether oxygens (including phenoxy) is 2. The highest BCUT2D eigenvalue weighted by Gasteiger charge is 2.21. The van der Waals surface area contributed by atoms with Crippen molar-refractivity contribution < 1.29 is 53.5 Å². The molecule has 2 aromatic carbocycles. The topological polar surface area (TPSA) is 187 Å². The van der Waals surface area contributed by atoms with Crippen LogP contribution in [0, 0.1) is 13.2 Å². The fourth-order valence-electron chi connectivity index (χ4n) is 3.70. The fraction of sp³-hybridized carbons (Fsp3) is 0.280. The number of hydrogen-bond acceptors (Lipinski definition) is 9. The minimum atomic E-state index is -1.24. The number of rotatable bonds is 15. The van der Waals surface area contributed by atoms with E-state index in [4.69, 9.17) is 13.9 Å². The van der Waals surface area contributed by atoms with Gasteiger partial charge in [-0.1, -0.05) is 6.07 Å². The monoisotopic (exact) mass is 529 g/mol. The van der Waals surface area contributed by atoms with E-state index in [0.717, 1.165) is 15.4 Å². The summed E-state index contributed by atoms with van der Waals surface area (Å²) < 4.78 is 16.7. The second-order valence-electron chi connectivity index (χ2n) is 8.20. The molecule has 201 valence electrons. The summed E-state index contributed by atoms with van der Waals surface area (Å²) in [4.78, 5) is 47.5. The van der Waals surface area contributed by atoms with Gasteiger partial charge in [-0.3, -0.25) is 19.2 Å². The van der Waals surface area contributed by atoms with Crippen LogP contribution >= 0.6 is 0 Å². The van der Waals surface area contributed by atoms with E-state index in [1.165, 1.54) is 12.3 Å². The Morgan fingerprint density at radius 3 is 1.79 bits per heavy atom. The molecule has 1 radical (unpaired) electrons. The van der Waals surface area contributed by atoms with Crippen molar-refractivity contribution in [1.82, 2.24) is 0 Å². The van der Waals surface area contributed by atoms with Crippen LogP contribution in [-0.2, 0) is 19.2 Å². The zero-order valence-electron chi connectivity index (χ0n) is 20.2. The van der Waals surface area contributed by atoms with E-state index >= 15 is 0 Å². The maximum absolute atomic E-state index is 11.4. The van der Waals surface area contributed by atoms with Crippen molar-refractivity contribution in [3.05, 3.63) is 48.4 Å². The summed E-state index contributed by atoms with van der Waals surface area (Å²) in [7, 11) is 0. The molecule has 38 heavy (non-hydrogen) atoms. The molecule has 13 heteroatoms. The summed E-state index contributed by atoms with van der Waals surface area (Å²) in [5.41, 5.74) is 1.26. The molecule has 1 heterocycles. The van der Waals surface area contributed by atoms with E-state index in [0.29, 0.717) is 10.8 Å². The second-order valence-corrected chi connectivity index (χ2v) is 8.20. The molecule has 0 saturated heterocycles.